The van der Waals surface area contributed by atoms with Crippen molar-refractivity contribution in [1.29, 1.82) is 0 Å². The molecule has 0 spiro atoms. The highest BCUT2D eigenvalue weighted by Crippen LogP contribution is 2.45. The van der Waals surface area contributed by atoms with E-state index in [1.54, 1.807) is 0 Å². The highest BCUT2D eigenvalue weighted by atomic mass is 79.9. The van der Waals surface area contributed by atoms with Gasteiger partial charge in [-0.1, -0.05) is 28.1 Å². The molecule has 4 rings (SSSR count). The molecule has 22 heavy (non-hydrogen) atoms. The molecule has 4 nitrogen and oxygen atoms in total. The number of cyclic esters (lactones) is 1. The minimum absolute atomic E-state index is 0.121. The van der Waals surface area contributed by atoms with Crippen LogP contribution in [0.1, 0.15) is 29.9 Å². The van der Waals surface area contributed by atoms with Crippen LogP contribution in [-0.2, 0) is 14.3 Å². The minimum Gasteiger partial charge on any atom is -0.456 e. The molecular weight excluding hydrogens is 346 g/mol. The van der Waals surface area contributed by atoms with Crippen LogP contribution < -0.4 is 5.32 Å². The van der Waals surface area contributed by atoms with E-state index < -0.39 is 0 Å². The minimum atomic E-state index is -0.324. The summed E-state index contributed by atoms with van der Waals surface area (Å²) in [5, 5.41) is 3.24. The zero-order chi connectivity index (χ0) is 15.4. The van der Waals surface area contributed by atoms with Crippen LogP contribution in [0, 0.1) is 6.92 Å². The maximum Gasteiger partial charge on any atom is 0.337 e. The predicted octanol–water partition coefficient (Wildman–Crippen LogP) is 2.87. The average molecular weight is 360 g/mol. The lowest BCUT2D eigenvalue weighted by Crippen LogP contribution is -2.26. The van der Waals surface area contributed by atoms with Gasteiger partial charge in [0, 0.05) is 28.1 Å². The molecule has 0 radical (unpaired) electrons. The van der Waals surface area contributed by atoms with E-state index in [-0.39, 0.29) is 24.3 Å². The number of ether oxygens (including phenoxy) is 1. The van der Waals surface area contributed by atoms with Crippen molar-refractivity contribution in [3.8, 4) is 0 Å². The molecule has 112 valence electrons. The van der Waals surface area contributed by atoms with Crippen LogP contribution in [0.3, 0.4) is 0 Å². The average Bonchev–Trinajstić information content (AvgIpc) is 3.05. The van der Waals surface area contributed by atoms with E-state index in [2.05, 4.69) is 21.2 Å². The molecule has 0 aromatic heterocycles. The predicted molar refractivity (Wildman–Crippen MR) is 84.0 cm³/mol. The molecule has 1 atom stereocenters. The summed E-state index contributed by atoms with van der Waals surface area (Å²) in [6.07, 6.45) is 1.22. The number of hydrogen-bond donors (Lipinski definition) is 1. The fourth-order valence-corrected chi connectivity index (χ4v) is 3.80. The summed E-state index contributed by atoms with van der Waals surface area (Å²) in [6.45, 7) is 2.28. The second kappa shape index (κ2) is 4.81. The number of carbonyl (C=O) groups excluding carboxylic acids is 2. The number of Topliss-reactive ketones (excluding diaryl/α,β-unsaturated/α-hetero) is 1. The highest BCUT2D eigenvalue weighted by Gasteiger charge is 2.43. The number of nitrogens with one attached hydrogen (secondary N) is 1. The normalized spacial score (nSPS) is 23.5. The molecule has 5 heteroatoms. The van der Waals surface area contributed by atoms with Crippen LogP contribution in [0.2, 0.25) is 0 Å². The molecule has 1 aliphatic carbocycles. The van der Waals surface area contributed by atoms with Crippen molar-refractivity contribution in [2.45, 2.75) is 25.7 Å². The smallest absolute Gasteiger partial charge is 0.337 e. The second-order valence-corrected chi connectivity index (χ2v) is 6.70. The first kappa shape index (κ1) is 13.8. The Labute approximate surface area is 136 Å². The van der Waals surface area contributed by atoms with Gasteiger partial charge in [-0.25, -0.2) is 4.79 Å². The Bertz CT molecular complexity index is 751. The number of dihydropyridines is 1. The van der Waals surface area contributed by atoms with Crippen molar-refractivity contribution in [1.82, 2.24) is 5.32 Å². The van der Waals surface area contributed by atoms with E-state index in [1.165, 1.54) is 0 Å². The first-order valence-corrected chi connectivity index (χ1v) is 8.05. The summed E-state index contributed by atoms with van der Waals surface area (Å²) in [5.74, 6) is -0.515. The van der Waals surface area contributed by atoms with Crippen molar-refractivity contribution in [2.75, 3.05) is 6.61 Å². The Balaban J connectivity index is 1.91. The lowest BCUT2D eigenvalue weighted by molar-refractivity contribution is -0.136. The fraction of sp³-hybridized carbons (Fsp3) is 0.294. The quantitative estimate of drug-likeness (QED) is 0.783. The Kier molecular flexibility index (Phi) is 3.01. The summed E-state index contributed by atoms with van der Waals surface area (Å²) in [6, 6.07) is 5.99. The van der Waals surface area contributed by atoms with Gasteiger partial charge in [0.2, 0.25) is 0 Å². The maximum atomic E-state index is 12.4. The Morgan fingerprint density at radius 2 is 2.00 bits per heavy atom. The number of halogens is 1. The Morgan fingerprint density at radius 3 is 2.77 bits per heavy atom. The van der Waals surface area contributed by atoms with Gasteiger partial charge in [-0.3, -0.25) is 4.79 Å². The molecule has 2 heterocycles. The molecule has 2 aliphatic heterocycles. The van der Waals surface area contributed by atoms with Crippen molar-refractivity contribution < 1.29 is 14.3 Å². The van der Waals surface area contributed by atoms with E-state index in [0.29, 0.717) is 18.4 Å². The molecule has 0 fully saturated rings. The van der Waals surface area contributed by atoms with E-state index in [1.807, 2.05) is 25.1 Å². The summed E-state index contributed by atoms with van der Waals surface area (Å²) in [7, 11) is 0. The van der Waals surface area contributed by atoms with Gasteiger partial charge in [-0.2, -0.15) is 0 Å². The van der Waals surface area contributed by atoms with Gasteiger partial charge < -0.3 is 10.1 Å². The molecule has 1 aromatic rings. The third-order valence-electron chi connectivity index (χ3n) is 4.53. The van der Waals surface area contributed by atoms with Crippen molar-refractivity contribution in [2.24, 2.45) is 0 Å². The number of aryl methyl sites for hydroxylation is 1. The standard InChI is InChI=1S/C17H14BrNO3/c1-8-2-3-9(6-10(8)18)14-15-11(4-5-13(15)20)19-12-7-22-17(21)16(12)14/h2-3,6,14,19H,4-5,7H2,1H3. The zero-order valence-electron chi connectivity index (χ0n) is 12.0. The number of ketones is 1. The lowest BCUT2D eigenvalue weighted by atomic mass is 9.80. The summed E-state index contributed by atoms with van der Waals surface area (Å²) in [5.41, 5.74) is 5.14. The molecule has 3 aliphatic rings. The van der Waals surface area contributed by atoms with Gasteiger partial charge in [0.15, 0.2) is 5.78 Å². The number of benzene rings is 1. The monoisotopic (exact) mass is 359 g/mol. The van der Waals surface area contributed by atoms with Crippen LogP contribution in [0.4, 0.5) is 0 Å². The van der Waals surface area contributed by atoms with E-state index in [0.717, 1.165) is 32.6 Å². The Hall–Kier alpha value is -1.88. The first-order valence-electron chi connectivity index (χ1n) is 7.25. The van der Waals surface area contributed by atoms with E-state index >= 15 is 0 Å². The van der Waals surface area contributed by atoms with E-state index in [9.17, 15) is 9.59 Å². The molecule has 0 saturated heterocycles. The molecule has 0 amide bonds. The molecule has 1 unspecified atom stereocenters. The van der Waals surface area contributed by atoms with Gasteiger partial charge in [-0.05, 0) is 30.5 Å². The van der Waals surface area contributed by atoms with Crippen LogP contribution in [-0.4, -0.2) is 18.4 Å². The molecule has 0 bridgehead atoms. The number of rotatable bonds is 1. The van der Waals surface area contributed by atoms with E-state index in [4.69, 9.17) is 4.74 Å². The fourth-order valence-electron chi connectivity index (χ4n) is 3.40. The van der Waals surface area contributed by atoms with Crippen LogP contribution in [0.15, 0.2) is 45.2 Å². The third kappa shape index (κ3) is 1.88. The number of carbonyl (C=O) groups is 2. The second-order valence-electron chi connectivity index (χ2n) is 5.85. The summed E-state index contributed by atoms with van der Waals surface area (Å²) < 4.78 is 6.16. The first-order chi connectivity index (χ1) is 10.6. The molecule has 1 N–H and O–H groups in total. The van der Waals surface area contributed by atoms with Crippen molar-refractivity contribution >= 4 is 27.7 Å². The van der Waals surface area contributed by atoms with Gasteiger partial charge in [0.25, 0.3) is 0 Å². The number of allylic oxidation sites excluding steroid dienone is 2. The summed E-state index contributed by atoms with van der Waals surface area (Å²) in [4.78, 5) is 24.5. The van der Waals surface area contributed by atoms with Gasteiger partial charge in [-0.15, -0.1) is 0 Å². The number of esters is 1. The van der Waals surface area contributed by atoms with Crippen molar-refractivity contribution in [3.05, 3.63) is 56.3 Å². The molecule has 1 aromatic carbocycles. The zero-order valence-corrected chi connectivity index (χ0v) is 13.6. The maximum absolute atomic E-state index is 12.4. The lowest BCUT2D eigenvalue weighted by Gasteiger charge is -2.26. The van der Waals surface area contributed by atoms with Gasteiger partial charge >= 0.3 is 5.97 Å². The number of hydrogen-bond acceptors (Lipinski definition) is 4. The van der Waals surface area contributed by atoms with Crippen LogP contribution >= 0.6 is 15.9 Å². The Morgan fingerprint density at radius 1 is 1.18 bits per heavy atom. The molecular formula is C17H14BrNO3. The van der Waals surface area contributed by atoms with Gasteiger partial charge in [0.05, 0.1) is 11.3 Å². The van der Waals surface area contributed by atoms with Crippen LogP contribution in [0.5, 0.6) is 0 Å². The largest absolute Gasteiger partial charge is 0.456 e. The van der Waals surface area contributed by atoms with Crippen molar-refractivity contribution in [3.63, 3.8) is 0 Å². The van der Waals surface area contributed by atoms with Gasteiger partial charge in [0.1, 0.15) is 6.61 Å². The molecule has 0 saturated carbocycles. The summed E-state index contributed by atoms with van der Waals surface area (Å²) >= 11 is 3.54. The highest BCUT2D eigenvalue weighted by molar-refractivity contribution is 9.10. The topological polar surface area (TPSA) is 55.4 Å². The van der Waals surface area contributed by atoms with Crippen LogP contribution in [0.25, 0.3) is 0 Å². The third-order valence-corrected chi connectivity index (χ3v) is 5.38. The SMILES string of the molecule is Cc1ccc(C2C3=C(CCC3=O)NC3=C2C(=O)OC3)cc1Br.